The molecule has 1 atom stereocenters. The van der Waals surface area contributed by atoms with Crippen molar-refractivity contribution < 1.29 is 9.13 Å². The molecule has 4 nitrogen and oxygen atoms in total. The Morgan fingerprint density at radius 3 is 2.85 bits per heavy atom. The summed E-state index contributed by atoms with van der Waals surface area (Å²) in [4.78, 5) is 4.30. The van der Waals surface area contributed by atoms with Crippen LogP contribution >= 0.6 is 0 Å². The van der Waals surface area contributed by atoms with Crippen molar-refractivity contribution in [2.75, 3.05) is 17.7 Å². The van der Waals surface area contributed by atoms with Crippen molar-refractivity contribution in [3.8, 4) is 5.88 Å². The number of benzene rings is 1. The first-order valence-electron chi connectivity index (χ1n) is 6.51. The Morgan fingerprint density at radius 2 is 2.15 bits per heavy atom. The van der Waals surface area contributed by atoms with Gasteiger partial charge in [0.1, 0.15) is 11.6 Å². The van der Waals surface area contributed by atoms with Crippen LogP contribution in [0, 0.1) is 5.82 Å². The second kappa shape index (κ2) is 6.23. The second-order valence-corrected chi connectivity index (χ2v) is 4.44. The highest BCUT2D eigenvalue weighted by Gasteiger charge is 2.09. The number of nitrogen functional groups attached to an aromatic ring is 1. The molecule has 0 bridgehead atoms. The highest BCUT2D eigenvalue weighted by molar-refractivity contribution is 5.54. The summed E-state index contributed by atoms with van der Waals surface area (Å²) >= 11 is 0. The lowest BCUT2D eigenvalue weighted by atomic mass is 10.1. The lowest BCUT2D eigenvalue weighted by Crippen LogP contribution is -2.09. The summed E-state index contributed by atoms with van der Waals surface area (Å²) in [6.07, 6.45) is 0. The van der Waals surface area contributed by atoms with Crippen molar-refractivity contribution in [3.05, 3.63) is 47.8 Å². The molecule has 0 aliphatic heterocycles. The Hall–Kier alpha value is -2.30. The second-order valence-electron chi connectivity index (χ2n) is 4.44. The largest absolute Gasteiger partial charge is 0.476 e. The molecule has 0 saturated carbocycles. The first kappa shape index (κ1) is 14.1. The van der Waals surface area contributed by atoms with Crippen molar-refractivity contribution in [3.63, 3.8) is 0 Å². The number of pyridine rings is 1. The van der Waals surface area contributed by atoms with Gasteiger partial charge in [0.2, 0.25) is 5.88 Å². The highest BCUT2D eigenvalue weighted by atomic mass is 19.1. The zero-order chi connectivity index (χ0) is 14.5. The van der Waals surface area contributed by atoms with Crippen LogP contribution in [0.2, 0.25) is 0 Å². The predicted molar refractivity (Wildman–Crippen MR) is 78.3 cm³/mol. The maximum absolute atomic E-state index is 13.2. The fourth-order valence-electron chi connectivity index (χ4n) is 1.87. The van der Waals surface area contributed by atoms with Crippen LogP contribution in [-0.2, 0) is 0 Å². The molecular formula is C15H18FN3O. The summed E-state index contributed by atoms with van der Waals surface area (Å²) in [5.41, 5.74) is 7.12. The Balaban J connectivity index is 2.15. The number of ether oxygens (including phenoxy) is 1. The van der Waals surface area contributed by atoms with Gasteiger partial charge >= 0.3 is 0 Å². The molecule has 2 rings (SSSR count). The van der Waals surface area contributed by atoms with Gasteiger partial charge in [0.05, 0.1) is 18.3 Å². The Kier molecular flexibility index (Phi) is 4.40. The van der Waals surface area contributed by atoms with E-state index in [0.717, 1.165) is 5.56 Å². The summed E-state index contributed by atoms with van der Waals surface area (Å²) in [7, 11) is 0. The van der Waals surface area contributed by atoms with E-state index in [1.165, 1.54) is 12.1 Å². The van der Waals surface area contributed by atoms with E-state index in [4.69, 9.17) is 10.5 Å². The Labute approximate surface area is 117 Å². The van der Waals surface area contributed by atoms with Crippen LogP contribution in [0.25, 0.3) is 0 Å². The normalized spacial score (nSPS) is 11.9. The topological polar surface area (TPSA) is 60.2 Å². The van der Waals surface area contributed by atoms with E-state index < -0.39 is 0 Å². The third-order valence-electron chi connectivity index (χ3n) is 2.88. The molecule has 0 fully saturated rings. The number of nitrogens with two attached hydrogens (primary N) is 1. The van der Waals surface area contributed by atoms with Gasteiger partial charge in [-0.05, 0) is 43.7 Å². The van der Waals surface area contributed by atoms with Crippen molar-refractivity contribution in [1.29, 1.82) is 0 Å². The van der Waals surface area contributed by atoms with Crippen molar-refractivity contribution in [2.24, 2.45) is 0 Å². The summed E-state index contributed by atoms with van der Waals surface area (Å²) in [6, 6.07) is 9.90. The molecule has 0 spiro atoms. The third-order valence-corrected chi connectivity index (χ3v) is 2.88. The van der Waals surface area contributed by atoms with E-state index in [9.17, 15) is 4.39 Å². The maximum Gasteiger partial charge on any atom is 0.239 e. The van der Waals surface area contributed by atoms with E-state index in [0.29, 0.717) is 24.0 Å². The first-order valence-corrected chi connectivity index (χ1v) is 6.51. The summed E-state index contributed by atoms with van der Waals surface area (Å²) in [5.74, 6) is 0.791. The molecule has 1 unspecified atom stereocenters. The van der Waals surface area contributed by atoms with Gasteiger partial charge in [0, 0.05) is 0 Å². The van der Waals surface area contributed by atoms with Crippen molar-refractivity contribution in [1.82, 2.24) is 4.98 Å². The minimum Gasteiger partial charge on any atom is -0.476 e. The van der Waals surface area contributed by atoms with Crippen LogP contribution in [0.1, 0.15) is 25.5 Å². The molecule has 1 aromatic heterocycles. The third kappa shape index (κ3) is 3.38. The lowest BCUT2D eigenvalue weighted by molar-refractivity contribution is 0.329. The van der Waals surface area contributed by atoms with Gasteiger partial charge in [0.25, 0.3) is 0 Å². The molecule has 1 aromatic carbocycles. The first-order chi connectivity index (χ1) is 9.60. The minimum absolute atomic E-state index is 0.0729. The minimum atomic E-state index is -0.253. The van der Waals surface area contributed by atoms with Crippen LogP contribution in [0.4, 0.5) is 15.9 Å². The van der Waals surface area contributed by atoms with Gasteiger partial charge in [-0.2, -0.15) is 4.98 Å². The maximum atomic E-state index is 13.2. The van der Waals surface area contributed by atoms with E-state index in [2.05, 4.69) is 10.3 Å². The monoisotopic (exact) mass is 275 g/mol. The molecule has 3 N–H and O–H groups in total. The number of hydrogen-bond donors (Lipinski definition) is 2. The average molecular weight is 275 g/mol. The zero-order valence-electron chi connectivity index (χ0n) is 11.6. The molecule has 20 heavy (non-hydrogen) atoms. The summed E-state index contributed by atoms with van der Waals surface area (Å²) < 4.78 is 18.6. The quantitative estimate of drug-likeness (QED) is 0.878. The number of nitrogens with one attached hydrogen (secondary N) is 1. The molecule has 0 saturated heterocycles. The van der Waals surface area contributed by atoms with Gasteiger partial charge in [-0.25, -0.2) is 4.39 Å². The standard InChI is InChI=1S/C15H18FN3O/c1-3-20-15-13(17)7-8-14(19-15)18-10(2)11-5-4-6-12(16)9-11/h4-10H,3,17H2,1-2H3,(H,18,19). The predicted octanol–water partition coefficient (Wildman–Crippen LogP) is 3.37. The number of hydrogen-bond acceptors (Lipinski definition) is 4. The molecule has 0 aliphatic carbocycles. The van der Waals surface area contributed by atoms with E-state index in [1.807, 2.05) is 19.9 Å². The fraction of sp³-hybridized carbons (Fsp3) is 0.267. The number of halogens is 1. The molecule has 0 amide bonds. The number of aromatic nitrogens is 1. The highest BCUT2D eigenvalue weighted by Crippen LogP contribution is 2.24. The van der Waals surface area contributed by atoms with Crippen LogP contribution < -0.4 is 15.8 Å². The van der Waals surface area contributed by atoms with E-state index >= 15 is 0 Å². The molecule has 0 aliphatic rings. The number of nitrogens with zero attached hydrogens (tertiary/aromatic N) is 1. The van der Waals surface area contributed by atoms with Gasteiger partial charge in [-0.3, -0.25) is 0 Å². The van der Waals surface area contributed by atoms with Gasteiger partial charge in [0.15, 0.2) is 0 Å². The van der Waals surface area contributed by atoms with Crippen LogP contribution in [0.3, 0.4) is 0 Å². The molecule has 5 heteroatoms. The van der Waals surface area contributed by atoms with Crippen molar-refractivity contribution >= 4 is 11.5 Å². The molecule has 0 radical (unpaired) electrons. The average Bonchev–Trinajstić information content (AvgIpc) is 2.43. The smallest absolute Gasteiger partial charge is 0.239 e. The van der Waals surface area contributed by atoms with E-state index in [-0.39, 0.29) is 11.9 Å². The Bertz CT molecular complexity index is 589. The Morgan fingerprint density at radius 1 is 1.35 bits per heavy atom. The summed E-state index contributed by atoms with van der Waals surface area (Å²) in [6.45, 7) is 4.31. The summed E-state index contributed by atoms with van der Waals surface area (Å²) in [5, 5.41) is 3.20. The fourth-order valence-corrected chi connectivity index (χ4v) is 1.87. The molecular weight excluding hydrogens is 257 g/mol. The van der Waals surface area contributed by atoms with Crippen LogP contribution in [0.5, 0.6) is 5.88 Å². The van der Waals surface area contributed by atoms with Gasteiger partial charge < -0.3 is 15.8 Å². The van der Waals surface area contributed by atoms with Crippen LogP contribution in [0.15, 0.2) is 36.4 Å². The van der Waals surface area contributed by atoms with Crippen molar-refractivity contribution in [2.45, 2.75) is 19.9 Å². The van der Waals surface area contributed by atoms with Crippen LogP contribution in [-0.4, -0.2) is 11.6 Å². The number of rotatable bonds is 5. The van der Waals surface area contributed by atoms with E-state index in [1.54, 1.807) is 18.2 Å². The molecule has 106 valence electrons. The SMILES string of the molecule is CCOc1nc(NC(C)c2cccc(F)c2)ccc1N. The van der Waals surface area contributed by atoms with Gasteiger partial charge in [-0.1, -0.05) is 12.1 Å². The van der Waals surface area contributed by atoms with Gasteiger partial charge in [-0.15, -0.1) is 0 Å². The molecule has 2 aromatic rings. The zero-order valence-corrected chi connectivity index (χ0v) is 11.6. The molecule has 1 heterocycles. The lowest BCUT2D eigenvalue weighted by Gasteiger charge is -2.16. The number of anilines is 2.